The summed E-state index contributed by atoms with van der Waals surface area (Å²) in [6.45, 7) is 2.07. The summed E-state index contributed by atoms with van der Waals surface area (Å²) in [5.74, 6) is 0. The number of rotatable bonds is 3. The SMILES string of the molecule is Cc1cc2cc(Nc3ccnc4cc(-c5cncn5C)sc34)ccc2[nH]1. The molecule has 0 aliphatic heterocycles. The Morgan fingerprint density at radius 1 is 1.15 bits per heavy atom. The molecule has 0 saturated heterocycles. The number of aryl methyl sites for hydroxylation is 2. The van der Waals surface area contributed by atoms with E-state index in [9.17, 15) is 0 Å². The van der Waals surface area contributed by atoms with Gasteiger partial charge in [0.2, 0.25) is 0 Å². The Labute approximate surface area is 154 Å². The van der Waals surface area contributed by atoms with Gasteiger partial charge in [-0.1, -0.05) is 0 Å². The number of hydrogen-bond donors (Lipinski definition) is 2. The third kappa shape index (κ3) is 2.46. The highest BCUT2D eigenvalue weighted by molar-refractivity contribution is 7.22. The molecule has 128 valence electrons. The maximum Gasteiger partial charge on any atom is 0.0948 e. The molecule has 5 aromatic rings. The Morgan fingerprint density at radius 3 is 2.92 bits per heavy atom. The number of benzene rings is 1. The Bertz CT molecular complexity index is 1240. The maximum atomic E-state index is 4.53. The molecule has 5 rings (SSSR count). The van der Waals surface area contributed by atoms with Crippen molar-refractivity contribution in [3.63, 3.8) is 0 Å². The van der Waals surface area contributed by atoms with Gasteiger partial charge in [0.25, 0.3) is 0 Å². The van der Waals surface area contributed by atoms with E-state index in [2.05, 4.69) is 57.5 Å². The van der Waals surface area contributed by atoms with Gasteiger partial charge in [-0.25, -0.2) is 4.98 Å². The molecule has 0 unspecified atom stereocenters. The summed E-state index contributed by atoms with van der Waals surface area (Å²) in [4.78, 5) is 13.3. The van der Waals surface area contributed by atoms with Gasteiger partial charge in [0.15, 0.2) is 0 Å². The van der Waals surface area contributed by atoms with Crippen molar-refractivity contribution in [3.05, 3.63) is 60.8 Å². The lowest BCUT2D eigenvalue weighted by Crippen LogP contribution is -1.90. The predicted molar refractivity (Wildman–Crippen MR) is 108 cm³/mol. The molecule has 6 heteroatoms. The van der Waals surface area contributed by atoms with E-state index in [0.29, 0.717) is 0 Å². The van der Waals surface area contributed by atoms with Crippen LogP contribution in [0.2, 0.25) is 0 Å². The molecule has 0 atom stereocenters. The lowest BCUT2D eigenvalue weighted by atomic mass is 10.2. The first-order valence-electron chi connectivity index (χ1n) is 8.39. The predicted octanol–water partition coefficient (Wildman–Crippen LogP) is 5.23. The van der Waals surface area contributed by atoms with Crippen molar-refractivity contribution in [1.29, 1.82) is 0 Å². The number of thiophene rings is 1. The highest BCUT2D eigenvalue weighted by Gasteiger charge is 2.12. The van der Waals surface area contributed by atoms with E-state index >= 15 is 0 Å². The van der Waals surface area contributed by atoms with Gasteiger partial charge >= 0.3 is 0 Å². The van der Waals surface area contributed by atoms with E-state index in [-0.39, 0.29) is 0 Å². The quantitative estimate of drug-likeness (QED) is 0.464. The first-order chi connectivity index (χ1) is 12.7. The van der Waals surface area contributed by atoms with Crippen molar-refractivity contribution in [2.75, 3.05) is 5.32 Å². The molecule has 0 radical (unpaired) electrons. The van der Waals surface area contributed by atoms with Crippen LogP contribution in [0.3, 0.4) is 0 Å². The summed E-state index contributed by atoms with van der Waals surface area (Å²) < 4.78 is 3.18. The lowest BCUT2D eigenvalue weighted by Gasteiger charge is -2.07. The molecule has 0 aliphatic carbocycles. The summed E-state index contributed by atoms with van der Waals surface area (Å²) in [5, 5.41) is 4.76. The van der Waals surface area contributed by atoms with Crippen molar-refractivity contribution in [2.45, 2.75) is 6.92 Å². The number of hydrogen-bond acceptors (Lipinski definition) is 4. The Morgan fingerprint density at radius 2 is 2.08 bits per heavy atom. The average molecular weight is 359 g/mol. The number of fused-ring (bicyclic) bond motifs is 2. The second-order valence-electron chi connectivity index (χ2n) is 6.45. The van der Waals surface area contributed by atoms with Crippen molar-refractivity contribution in [2.24, 2.45) is 7.05 Å². The number of nitrogens with one attached hydrogen (secondary N) is 2. The molecule has 0 saturated carbocycles. The fourth-order valence-electron chi connectivity index (χ4n) is 3.27. The molecule has 4 aromatic heterocycles. The molecule has 0 fully saturated rings. The van der Waals surface area contributed by atoms with E-state index < -0.39 is 0 Å². The third-order valence-corrected chi connectivity index (χ3v) is 5.70. The van der Waals surface area contributed by atoms with Crippen molar-refractivity contribution >= 4 is 43.8 Å². The van der Waals surface area contributed by atoms with Gasteiger partial charge in [-0.15, -0.1) is 11.3 Å². The number of H-pyrrole nitrogens is 1. The topological polar surface area (TPSA) is 58.5 Å². The number of pyridine rings is 1. The molecular formula is C20H17N5S. The second-order valence-corrected chi connectivity index (χ2v) is 7.50. The Hall–Kier alpha value is -3.12. The van der Waals surface area contributed by atoms with E-state index in [1.807, 2.05) is 36.4 Å². The van der Waals surface area contributed by atoms with Crippen LogP contribution in [0.15, 0.2) is 55.1 Å². The van der Waals surface area contributed by atoms with Crippen molar-refractivity contribution in [1.82, 2.24) is 19.5 Å². The van der Waals surface area contributed by atoms with Gasteiger partial charge in [-0.2, -0.15) is 0 Å². The standard InChI is InChI=1S/C20H17N5S/c1-12-7-13-8-14(3-4-15(13)23-12)24-16-5-6-22-17-9-19(26-20(16)17)18-10-21-11-25(18)2/h3-11,23H,1-2H3,(H,22,24). The maximum absolute atomic E-state index is 4.53. The number of nitrogens with zero attached hydrogens (tertiary/aromatic N) is 3. The van der Waals surface area contributed by atoms with Crippen LogP contribution >= 0.6 is 11.3 Å². The average Bonchev–Trinajstić information content (AvgIpc) is 3.31. The van der Waals surface area contributed by atoms with Crippen molar-refractivity contribution in [3.8, 4) is 10.6 Å². The minimum Gasteiger partial charge on any atom is -0.359 e. The fourth-order valence-corrected chi connectivity index (χ4v) is 4.41. The van der Waals surface area contributed by atoms with E-state index in [1.165, 1.54) is 16.0 Å². The zero-order chi connectivity index (χ0) is 17.7. The molecule has 4 heterocycles. The molecule has 0 amide bonds. The fraction of sp³-hybridized carbons (Fsp3) is 0.100. The molecule has 0 bridgehead atoms. The van der Waals surface area contributed by atoms with Crippen LogP contribution in [0, 0.1) is 6.92 Å². The number of aromatic nitrogens is 4. The second kappa shape index (κ2) is 5.71. The van der Waals surface area contributed by atoms with Crippen LogP contribution in [-0.2, 0) is 7.05 Å². The van der Waals surface area contributed by atoms with Gasteiger partial charge < -0.3 is 14.9 Å². The highest BCUT2D eigenvalue weighted by Crippen LogP contribution is 2.37. The minimum atomic E-state index is 0.995. The van der Waals surface area contributed by atoms with E-state index in [0.717, 1.165) is 32.8 Å². The summed E-state index contributed by atoms with van der Waals surface area (Å²) in [7, 11) is 2.01. The zero-order valence-corrected chi connectivity index (χ0v) is 15.3. The number of anilines is 2. The number of aromatic amines is 1. The van der Waals surface area contributed by atoms with Gasteiger partial charge in [-0.05, 0) is 43.3 Å². The molecule has 26 heavy (non-hydrogen) atoms. The summed E-state index contributed by atoms with van der Waals surface area (Å²) in [5.41, 5.74) is 6.56. The Kier molecular flexibility index (Phi) is 3.33. The third-order valence-electron chi connectivity index (χ3n) is 4.52. The molecule has 1 aromatic carbocycles. The summed E-state index contributed by atoms with van der Waals surface area (Å²) >= 11 is 1.73. The summed E-state index contributed by atoms with van der Waals surface area (Å²) in [6.07, 6.45) is 5.56. The van der Waals surface area contributed by atoms with E-state index in [1.54, 1.807) is 11.3 Å². The van der Waals surface area contributed by atoms with Gasteiger partial charge in [0.05, 0.1) is 39.0 Å². The minimum absolute atomic E-state index is 0.995. The van der Waals surface area contributed by atoms with E-state index in [4.69, 9.17) is 0 Å². The van der Waals surface area contributed by atoms with Crippen LogP contribution < -0.4 is 5.32 Å². The Balaban J connectivity index is 1.57. The van der Waals surface area contributed by atoms with Crippen LogP contribution in [0.5, 0.6) is 0 Å². The summed E-state index contributed by atoms with van der Waals surface area (Å²) in [6, 6.07) is 12.7. The van der Waals surface area contributed by atoms with Gasteiger partial charge in [0.1, 0.15) is 0 Å². The highest BCUT2D eigenvalue weighted by atomic mass is 32.1. The molecular weight excluding hydrogens is 342 g/mol. The largest absolute Gasteiger partial charge is 0.359 e. The number of imidazole rings is 1. The smallest absolute Gasteiger partial charge is 0.0948 e. The molecule has 0 aliphatic rings. The van der Waals surface area contributed by atoms with Gasteiger partial charge in [-0.3, -0.25) is 4.98 Å². The van der Waals surface area contributed by atoms with Crippen LogP contribution in [0.1, 0.15) is 5.69 Å². The van der Waals surface area contributed by atoms with Crippen LogP contribution in [-0.4, -0.2) is 19.5 Å². The monoisotopic (exact) mass is 359 g/mol. The van der Waals surface area contributed by atoms with Crippen molar-refractivity contribution < 1.29 is 0 Å². The lowest BCUT2D eigenvalue weighted by molar-refractivity contribution is 0.923. The normalized spacial score (nSPS) is 11.5. The zero-order valence-electron chi connectivity index (χ0n) is 14.4. The molecule has 5 nitrogen and oxygen atoms in total. The molecule has 0 spiro atoms. The van der Waals surface area contributed by atoms with Crippen LogP contribution in [0.4, 0.5) is 11.4 Å². The first-order valence-corrected chi connectivity index (χ1v) is 9.21. The van der Waals surface area contributed by atoms with Crippen LogP contribution in [0.25, 0.3) is 31.7 Å². The molecule has 2 N–H and O–H groups in total. The van der Waals surface area contributed by atoms with Gasteiger partial charge in [0, 0.05) is 35.5 Å². The first kappa shape index (κ1) is 15.2.